The number of ether oxygens (including phenoxy) is 1. The van der Waals surface area contributed by atoms with E-state index in [2.05, 4.69) is 18.4 Å². The maximum atomic E-state index is 5.83. The highest BCUT2D eigenvalue weighted by atomic mass is 35.5. The van der Waals surface area contributed by atoms with E-state index in [9.17, 15) is 0 Å². The lowest BCUT2D eigenvalue weighted by atomic mass is 10.1. The molecule has 0 amide bonds. The van der Waals surface area contributed by atoms with Crippen LogP contribution in [0.4, 0.5) is 0 Å². The van der Waals surface area contributed by atoms with Crippen molar-refractivity contribution in [3.63, 3.8) is 0 Å². The van der Waals surface area contributed by atoms with Crippen LogP contribution in [0, 0.1) is 11.8 Å². The summed E-state index contributed by atoms with van der Waals surface area (Å²) in [6.07, 6.45) is 1.71. The molecule has 0 radical (unpaired) electrons. The Balaban J connectivity index is 2.23. The van der Waals surface area contributed by atoms with Crippen LogP contribution in [-0.4, -0.2) is 6.61 Å². The highest BCUT2D eigenvalue weighted by Crippen LogP contribution is 2.17. The van der Waals surface area contributed by atoms with Gasteiger partial charge in [-0.1, -0.05) is 48.2 Å². The van der Waals surface area contributed by atoms with Crippen LogP contribution < -0.4 is 4.74 Å². The summed E-state index contributed by atoms with van der Waals surface area (Å²) in [5.74, 6) is 6.96. The van der Waals surface area contributed by atoms with E-state index in [0.717, 1.165) is 16.9 Å². The zero-order valence-electron chi connectivity index (χ0n) is 10.4. The fourth-order valence-corrected chi connectivity index (χ4v) is 1.64. The van der Waals surface area contributed by atoms with Crippen LogP contribution in [0.25, 0.3) is 0 Å². The molecule has 0 N–H and O–H groups in total. The van der Waals surface area contributed by atoms with E-state index >= 15 is 0 Å². The fraction of sp³-hybridized carbons (Fsp3) is 0.0588. The minimum absolute atomic E-state index is 0.472. The topological polar surface area (TPSA) is 9.23 Å². The minimum Gasteiger partial charge on any atom is -0.488 e. The van der Waals surface area contributed by atoms with E-state index in [1.54, 1.807) is 6.08 Å². The van der Waals surface area contributed by atoms with Gasteiger partial charge in [-0.2, -0.15) is 0 Å². The number of halogens is 1. The van der Waals surface area contributed by atoms with Crippen molar-refractivity contribution in [3.05, 3.63) is 77.3 Å². The maximum Gasteiger partial charge on any atom is 0.135 e. The molecule has 0 aromatic heterocycles. The van der Waals surface area contributed by atoms with E-state index in [-0.39, 0.29) is 0 Å². The summed E-state index contributed by atoms with van der Waals surface area (Å²) in [4.78, 5) is 0. The first-order valence-electron chi connectivity index (χ1n) is 5.90. The lowest BCUT2D eigenvalue weighted by Crippen LogP contribution is -1.94. The predicted molar refractivity (Wildman–Crippen MR) is 79.6 cm³/mol. The van der Waals surface area contributed by atoms with Gasteiger partial charge in [0.25, 0.3) is 0 Å². The number of hydrogen-bond donors (Lipinski definition) is 0. The number of hydrogen-bond acceptors (Lipinski definition) is 1. The third kappa shape index (κ3) is 3.91. The molecule has 2 aromatic carbocycles. The number of para-hydroxylation sites is 1. The zero-order valence-corrected chi connectivity index (χ0v) is 11.2. The molecule has 2 rings (SSSR count). The lowest BCUT2D eigenvalue weighted by Gasteiger charge is -2.04. The molecule has 0 aliphatic heterocycles. The molecule has 0 aliphatic carbocycles. The molecule has 0 heterocycles. The van der Waals surface area contributed by atoms with Crippen LogP contribution in [-0.2, 0) is 0 Å². The van der Waals surface area contributed by atoms with Crippen molar-refractivity contribution < 1.29 is 4.74 Å². The number of benzene rings is 2. The van der Waals surface area contributed by atoms with Gasteiger partial charge in [0.05, 0.1) is 5.56 Å². The van der Waals surface area contributed by atoms with Crippen molar-refractivity contribution in [3.8, 4) is 17.6 Å². The van der Waals surface area contributed by atoms with Gasteiger partial charge < -0.3 is 4.74 Å². The fourth-order valence-electron chi connectivity index (χ4n) is 1.52. The molecule has 0 fully saturated rings. The van der Waals surface area contributed by atoms with Crippen LogP contribution in [0.3, 0.4) is 0 Å². The van der Waals surface area contributed by atoms with Crippen LogP contribution >= 0.6 is 11.6 Å². The van der Waals surface area contributed by atoms with Gasteiger partial charge in [0, 0.05) is 10.6 Å². The average Bonchev–Trinajstić information content (AvgIpc) is 2.45. The molecule has 2 aromatic rings. The first-order valence-corrected chi connectivity index (χ1v) is 6.27. The molecule has 0 bridgehead atoms. The molecular formula is C17H13ClO. The van der Waals surface area contributed by atoms with Crippen LogP contribution in [0.2, 0.25) is 5.02 Å². The van der Waals surface area contributed by atoms with Gasteiger partial charge in [-0.3, -0.25) is 0 Å². The van der Waals surface area contributed by atoms with E-state index < -0.39 is 0 Å². The van der Waals surface area contributed by atoms with Crippen molar-refractivity contribution in [2.24, 2.45) is 0 Å². The van der Waals surface area contributed by atoms with Crippen molar-refractivity contribution in [1.82, 2.24) is 0 Å². The smallest absolute Gasteiger partial charge is 0.135 e. The van der Waals surface area contributed by atoms with Crippen molar-refractivity contribution in [2.75, 3.05) is 6.61 Å². The quantitative estimate of drug-likeness (QED) is 0.596. The SMILES string of the molecule is C=CCOc1ccccc1C#Cc1ccc(Cl)cc1. The van der Waals surface area contributed by atoms with Gasteiger partial charge in [-0.25, -0.2) is 0 Å². The third-order valence-electron chi connectivity index (χ3n) is 2.43. The van der Waals surface area contributed by atoms with Gasteiger partial charge >= 0.3 is 0 Å². The predicted octanol–water partition coefficient (Wildman–Crippen LogP) is 4.30. The second-order valence-electron chi connectivity index (χ2n) is 3.85. The Morgan fingerprint density at radius 1 is 1.05 bits per heavy atom. The Morgan fingerprint density at radius 3 is 2.53 bits per heavy atom. The van der Waals surface area contributed by atoms with E-state index in [4.69, 9.17) is 16.3 Å². The molecule has 0 spiro atoms. The van der Waals surface area contributed by atoms with Gasteiger partial charge in [-0.15, -0.1) is 0 Å². The molecule has 0 saturated carbocycles. The standard InChI is InChI=1S/C17H13ClO/c1-2-13-19-17-6-4-3-5-15(17)10-7-14-8-11-16(18)12-9-14/h2-6,8-9,11-12H,1,13H2. The van der Waals surface area contributed by atoms with E-state index in [1.165, 1.54) is 0 Å². The maximum absolute atomic E-state index is 5.83. The molecule has 2 heteroatoms. The van der Waals surface area contributed by atoms with Crippen LogP contribution in [0.15, 0.2) is 61.2 Å². The summed E-state index contributed by atoms with van der Waals surface area (Å²) in [5.41, 5.74) is 1.78. The summed E-state index contributed by atoms with van der Waals surface area (Å²) < 4.78 is 5.55. The van der Waals surface area contributed by atoms with E-state index in [1.807, 2.05) is 48.5 Å². The number of rotatable bonds is 3. The third-order valence-corrected chi connectivity index (χ3v) is 2.68. The molecule has 0 saturated heterocycles. The Bertz CT molecular complexity index is 618. The van der Waals surface area contributed by atoms with E-state index in [0.29, 0.717) is 11.6 Å². The molecule has 0 atom stereocenters. The monoisotopic (exact) mass is 268 g/mol. The normalized spacial score (nSPS) is 9.32. The Labute approximate surface area is 118 Å². The summed E-state index contributed by atoms with van der Waals surface area (Å²) in [5, 5.41) is 0.709. The van der Waals surface area contributed by atoms with Crippen molar-refractivity contribution >= 4 is 11.6 Å². The summed E-state index contributed by atoms with van der Waals surface area (Å²) in [7, 11) is 0. The van der Waals surface area contributed by atoms with Crippen molar-refractivity contribution in [2.45, 2.75) is 0 Å². The molecule has 0 aliphatic rings. The lowest BCUT2D eigenvalue weighted by molar-refractivity contribution is 0.362. The Morgan fingerprint density at radius 2 is 1.79 bits per heavy atom. The Hall–Kier alpha value is -2.17. The second-order valence-corrected chi connectivity index (χ2v) is 4.29. The van der Waals surface area contributed by atoms with Crippen molar-refractivity contribution in [1.29, 1.82) is 0 Å². The first kappa shape index (κ1) is 13.3. The largest absolute Gasteiger partial charge is 0.488 e. The van der Waals surface area contributed by atoms with Gasteiger partial charge in [0.15, 0.2) is 0 Å². The minimum atomic E-state index is 0.472. The molecule has 0 unspecified atom stereocenters. The first-order chi connectivity index (χ1) is 9.29. The molecule has 19 heavy (non-hydrogen) atoms. The molecule has 1 nitrogen and oxygen atoms in total. The van der Waals surface area contributed by atoms with Crippen LogP contribution in [0.5, 0.6) is 5.75 Å². The Kier molecular flexibility index (Phi) is 4.66. The van der Waals surface area contributed by atoms with Gasteiger partial charge in [-0.05, 0) is 36.4 Å². The average molecular weight is 269 g/mol. The molecule has 94 valence electrons. The highest BCUT2D eigenvalue weighted by Gasteiger charge is 1.98. The summed E-state index contributed by atoms with van der Waals surface area (Å²) in [6, 6.07) is 15.1. The second kappa shape index (κ2) is 6.68. The van der Waals surface area contributed by atoms with Gasteiger partial charge in [0.1, 0.15) is 12.4 Å². The molecular weight excluding hydrogens is 256 g/mol. The summed E-state index contributed by atoms with van der Waals surface area (Å²) in [6.45, 7) is 4.11. The highest BCUT2D eigenvalue weighted by molar-refractivity contribution is 6.30. The van der Waals surface area contributed by atoms with Gasteiger partial charge in [0.2, 0.25) is 0 Å². The summed E-state index contributed by atoms with van der Waals surface area (Å²) >= 11 is 5.83. The van der Waals surface area contributed by atoms with Crippen LogP contribution in [0.1, 0.15) is 11.1 Å². The zero-order chi connectivity index (χ0) is 13.5.